The lowest BCUT2D eigenvalue weighted by atomic mass is 9.65. The van der Waals surface area contributed by atoms with Gasteiger partial charge >= 0.3 is 0 Å². The van der Waals surface area contributed by atoms with Crippen molar-refractivity contribution in [3.05, 3.63) is 198 Å². The minimum atomic E-state index is -0.562. The van der Waals surface area contributed by atoms with Gasteiger partial charge in [0.15, 0.2) is 0 Å². The van der Waals surface area contributed by atoms with Crippen LogP contribution in [0.3, 0.4) is 0 Å². The molecule has 2 aliphatic rings. The van der Waals surface area contributed by atoms with Crippen molar-refractivity contribution in [3.63, 3.8) is 0 Å². The Morgan fingerprint density at radius 2 is 1.18 bits per heavy atom. The smallest absolute Gasteiger partial charge is 0.140 e. The van der Waals surface area contributed by atoms with Crippen molar-refractivity contribution < 1.29 is 4.74 Å². The summed E-state index contributed by atoms with van der Waals surface area (Å²) in [4.78, 5) is 2.45. The largest absolute Gasteiger partial charge is 0.456 e. The summed E-state index contributed by atoms with van der Waals surface area (Å²) in [6.07, 6.45) is 0. The number of hydrogen-bond acceptors (Lipinski definition) is 3. The van der Waals surface area contributed by atoms with E-state index in [1.165, 1.54) is 58.9 Å². The number of nitrogens with zero attached hydrogens (tertiary/aromatic N) is 1. The Balaban J connectivity index is 1.24. The lowest BCUT2D eigenvalue weighted by Gasteiger charge is -2.40. The second-order valence-electron chi connectivity index (χ2n) is 13.2. The predicted octanol–water partition coefficient (Wildman–Crippen LogP) is 13.1. The van der Waals surface area contributed by atoms with Gasteiger partial charge in [0.1, 0.15) is 11.5 Å². The number of fused-ring (bicyclic) bond motifs is 14. The molecule has 0 saturated carbocycles. The lowest BCUT2D eigenvalue weighted by Crippen LogP contribution is -2.32. The fourth-order valence-corrected chi connectivity index (χ4v) is 9.84. The third-order valence-corrected chi connectivity index (χ3v) is 11.8. The molecule has 0 fully saturated rings. The summed E-state index contributed by atoms with van der Waals surface area (Å²) in [5.41, 5.74) is 10.3. The van der Waals surface area contributed by atoms with Crippen LogP contribution in [-0.4, -0.2) is 0 Å². The van der Waals surface area contributed by atoms with Crippen LogP contribution < -0.4 is 9.64 Å². The molecule has 1 unspecified atom stereocenters. The zero-order valence-electron chi connectivity index (χ0n) is 27.0. The van der Waals surface area contributed by atoms with Gasteiger partial charge in [-0.05, 0) is 64.5 Å². The quantitative estimate of drug-likeness (QED) is 0.188. The topological polar surface area (TPSA) is 12.5 Å². The Labute approximate surface area is 294 Å². The maximum Gasteiger partial charge on any atom is 0.140 e. The van der Waals surface area contributed by atoms with Crippen molar-refractivity contribution >= 4 is 59.3 Å². The van der Waals surface area contributed by atoms with E-state index in [0.29, 0.717) is 0 Å². The van der Waals surface area contributed by atoms with Crippen LogP contribution in [0.25, 0.3) is 42.1 Å². The molecule has 2 nitrogen and oxygen atoms in total. The molecule has 0 amide bonds. The molecule has 0 bridgehead atoms. The molecule has 11 rings (SSSR count). The normalized spacial score (nSPS) is 15.4. The number of thiophene rings is 1. The minimum Gasteiger partial charge on any atom is -0.456 e. The van der Waals surface area contributed by atoms with E-state index in [1.807, 2.05) is 11.3 Å². The van der Waals surface area contributed by atoms with Crippen LogP contribution >= 0.6 is 11.3 Å². The molecular weight excluding hydrogens is 627 g/mol. The van der Waals surface area contributed by atoms with Crippen molar-refractivity contribution in [2.24, 2.45) is 0 Å². The summed E-state index contributed by atoms with van der Waals surface area (Å²) in [7, 11) is 0. The first-order valence-electron chi connectivity index (χ1n) is 17.1. The van der Waals surface area contributed by atoms with Gasteiger partial charge < -0.3 is 9.64 Å². The number of benzene rings is 8. The van der Waals surface area contributed by atoms with Crippen molar-refractivity contribution in [1.82, 2.24) is 0 Å². The van der Waals surface area contributed by atoms with E-state index in [4.69, 9.17) is 4.74 Å². The molecule has 234 valence electrons. The van der Waals surface area contributed by atoms with Crippen molar-refractivity contribution in [3.8, 4) is 22.6 Å². The van der Waals surface area contributed by atoms with Crippen LogP contribution in [0.1, 0.15) is 22.3 Å². The summed E-state index contributed by atoms with van der Waals surface area (Å²) in [5.74, 6) is 1.84. The zero-order valence-corrected chi connectivity index (χ0v) is 27.8. The molecule has 9 aromatic rings. The zero-order chi connectivity index (χ0) is 32.8. The van der Waals surface area contributed by atoms with Crippen LogP contribution in [0.2, 0.25) is 0 Å². The summed E-state index contributed by atoms with van der Waals surface area (Å²) in [5, 5.41) is 4.91. The molecule has 0 saturated heterocycles. The van der Waals surface area contributed by atoms with Gasteiger partial charge in [-0.1, -0.05) is 133 Å². The molecule has 1 aliphatic carbocycles. The van der Waals surface area contributed by atoms with Gasteiger partial charge in [-0.3, -0.25) is 0 Å². The summed E-state index contributed by atoms with van der Waals surface area (Å²) >= 11 is 1.86. The molecule has 8 aromatic carbocycles. The predicted molar refractivity (Wildman–Crippen MR) is 209 cm³/mol. The molecule has 3 heteroatoms. The molecule has 1 atom stereocenters. The molecule has 0 N–H and O–H groups in total. The molecule has 2 heterocycles. The van der Waals surface area contributed by atoms with Crippen molar-refractivity contribution in [2.75, 3.05) is 4.90 Å². The van der Waals surface area contributed by atoms with Gasteiger partial charge in [0.2, 0.25) is 0 Å². The van der Waals surface area contributed by atoms with E-state index < -0.39 is 5.41 Å². The highest BCUT2D eigenvalue weighted by molar-refractivity contribution is 7.25. The van der Waals surface area contributed by atoms with Crippen LogP contribution in [0, 0.1) is 0 Å². The Hall–Kier alpha value is -6.16. The van der Waals surface area contributed by atoms with Crippen LogP contribution in [0.15, 0.2) is 176 Å². The highest BCUT2D eigenvalue weighted by atomic mass is 32.1. The van der Waals surface area contributed by atoms with Crippen molar-refractivity contribution in [1.29, 1.82) is 0 Å². The minimum absolute atomic E-state index is 0.562. The van der Waals surface area contributed by atoms with Gasteiger partial charge in [0.05, 0.1) is 11.1 Å². The Kier molecular flexibility index (Phi) is 5.78. The van der Waals surface area contributed by atoms with Crippen LogP contribution in [-0.2, 0) is 5.41 Å². The molecule has 1 aliphatic heterocycles. The van der Waals surface area contributed by atoms with E-state index >= 15 is 0 Å². The Morgan fingerprint density at radius 1 is 0.460 bits per heavy atom. The van der Waals surface area contributed by atoms with Crippen LogP contribution in [0.4, 0.5) is 17.1 Å². The van der Waals surface area contributed by atoms with Gasteiger partial charge in [-0.25, -0.2) is 0 Å². The summed E-state index contributed by atoms with van der Waals surface area (Å²) in [6, 6.07) is 64.1. The first kappa shape index (κ1) is 27.8. The SMILES string of the molecule is c1ccc(N(c2ccc3c(c2)sc2ccccc23)c2cccc3c2-c2ccccc2C32c3ccccc3Oc3c2ccc2ccccc32)cc1. The number of para-hydroxylation sites is 2. The van der Waals surface area contributed by atoms with E-state index in [2.05, 4.69) is 181 Å². The van der Waals surface area contributed by atoms with E-state index in [-0.39, 0.29) is 0 Å². The van der Waals surface area contributed by atoms with Gasteiger partial charge in [0, 0.05) is 53.6 Å². The maximum absolute atomic E-state index is 6.88. The highest BCUT2D eigenvalue weighted by Crippen LogP contribution is 2.64. The third-order valence-electron chi connectivity index (χ3n) is 10.7. The number of ether oxygens (including phenoxy) is 1. The lowest BCUT2D eigenvalue weighted by molar-refractivity contribution is 0.441. The second kappa shape index (κ2) is 10.4. The standard InChI is InChI=1S/C47H29NOS/c1-2-14-31(15-3-1)48(32-26-27-35-34-17-7-11-24-43(34)50-44(35)29-32)41-22-12-21-39-45(41)36-18-6-8-19-37(36)47(39)38-20-9-10-23-42(38)49-46-33-16-5-4-13-30(33)25-28-40(46)47/h1-29H. The Bertz CT molecular complexity index is 2820. The van der Waals surface area contributed by atoms with Crippen molar-refractivity contribution in [2.45, 2.75) is 5.41 Å². The average molecular weight is 656 g/mol. The molecule has 50 heavy (non-hydrogen) atoms. The van der Waals surface area contributed by atoms with E-state index in [1.54, 1.807) is 0 Å². The second-order valence-corrected chi connectivity index (χ2v) is 14.3. The third kappa shape index (κ3) is 3.67. The van der Waals surface area contributed by atoms with E-state index in [9.17, 15) is 0 Å². The Morgan fingerprint density at radius 3 is 2.10 bits per heavy atom. The fourth-order valence-electron chi connectivity index (χ4n) is 8.70. The number of hydrogen-bond donors (Lipinski definition) is 0. The average Bonchev–Trinajstić information content (AvgIpc) is 3.69. The summed E-state index contributed by atoms with van der Waals surface area (Å²) in [6.45, 7) is 0. The number of anilines is 3. The summed E-state index contributed by atoms with van der Waals surface area (Å²) < 4.78 is 9.48. The molecule has 1 aromatic heterocycles. The highest BCUT2D eigenvalue weighted by Gasteiger charge is 2.52. The maximum atomic E-state index is 6.88. The van der Waals surface area contributed by atoms with E-state index in [0.717, 1.165) is 33.9 Å². The molecule has 1 spiro atoms. The fraction of sp³-hybridized carbons (Fsp3) is 0.0213. The first-order valence-corrected chi connectivity index (χ1v) is 17.9. The number of rotatable bonds is 3. The first-order chi connectivity index (χ1) is 24.8. The van der Waals surface area contributed by atoms with Gasteiger partial charge in [0.25, 0.3) is 0 Å². The monoisotopic (exact) mass is 655 g/mol. The van der Waals surface area contributed by atoms with Gasteiger partial charge in [-0.15, -0.1) is 11.3 Å². The van der Waals surface area contributed by atoms with Gasteiger partial charge in [-0.2, -0.15) is 0 Å². The molecular formula is C47H29NOS. The van der Waals surface area contributed by atoms with Crippen LogP contribution in [0.5, 0.6) is 11.5 Å². The molecule has 0 radical (unpaired) electrons.